The number of hydrogen-bond donors (Lipinski definition) is 0. The Bertz CT molecular complexity index is 1790. The molecule has 0 nitrogen and oxygen atoms in total. The van der Waals surface area contributed by atoms with Crippen molar-refractivity contribution in [3.05, 3.63) is 123 Å². The topological polar surface area (TPSA) is 0 Å². The van der Waals surface area contributed by atoms with Crippen LogP contribution in [0.2, 0.25) is 0 Å². The van der Waals surface area contributed by atoms with Crippen LogP contribution in [0.25, 0.3) is 33.4 Å². The number of benzene rings is 4. The van der Waals surface area contributed by atoms with Gasteiger partial charge >= 0.3 is 262 Å². The first-order valence-corrected chi connectivity index (χ1v) is 19.4. The van der Waals surface area contributed by atoms with Crippen LogP contribution in [0.5, 0.6) is 0 Å². The van der Waals surface area contributed by atoms with E-state index in [0.717, 1.165) is 12.8 Å². The molecular weight excluding hydrogens is 584 g/mol. The molecular formula is C41H42Zr. The molecule has 0 amide bonds. The fourth-order valence-electron chi connectivity index (χ4n) is 7.14. The van der Waals surface area contributed by atoms with Gasteiger partial charge in [-0.2, -0.15) is 0 Å². The van der Waals surface area contributed by atoms with Crippen molar-refractivity contribution in [2.75, 3.05) is 0 Å². The normalized spacial score (nSPS) is 15.5. The molecule has 0 radical (unpaired) electrons. The third kappa shape index (κ3) is 4.93. The third-order valence-electron chi connectivity index (χ3n) is 9.29. The quantitative estimate of drug-likeness (QED) is 0.186. The van der Waals surface area contributed by atoms with Crippen LogP contribution >= 0.6 is 0 Å². The van der Waals surface area contributed by atoms with Crippen LogP contribution in [-0.2, 0) is 38.5 Å². The second kappa shape index (κ2) is 10.4. The molecule has 42 heavy (non-hydrogen) atoms. The molecule has 0 spiro atoms. The molecule has 0 aromatic heterocycles. The molecule has 4 aromatic rings. The predicted molar refractivity (Wildman–Crippen MR) is 179 cm³/mol. The van der Waals surface area contributed by atoms with Crippen LogP contribution in [0.4, 0.5) is 0 Å². The minimum absolute atomic E-state index is 0.0410. The zero-order chi connectivity index (χ0) is 29.2. The van der Waals surface area contributed by atoms with E-state index >= 15 is 0 Å². The van der Waals surface area contributed by atoms with E-state index in [4.69, 9.17) is 0 Å². The van der Waals surface area contributed by atoms with Crippen LogP contribution in [0, 0.1) is 0 Å². The molecule has 0 unspecified atom stereocenters. The van der Waals surface area contributed by atoms with Gasteiger partial charge in [-0.25, -0.2) is 0 Å². The standard InChI is InChI=1S/C33H33.C5H5.C3H4.Zr/c1-32(2,3)30-20-26-24(18-28(30)22-13-9-7-10-14-22)17-25-19-29(23-15-11-8-12-16-23)31(21-27(25)26)33(4,5)6;1-2-4-5-3-1;1-2-3-1;/h7-16,18,20-21H,17H2,1-6H3;1-3H,4H2;1-2H2;. The zero-order valence-electron chi connectivity index (χ0n) is 26.1. The molecule has 0 heterocycles. The van der Waals surface area contributed by atoms with Gasteiger partial charge in [0.2, 0.25) is 0 Å². The summed E-state index contributed by atoms with van der Waals surface area (Å²) in [7, 11) is 0. The van der Waals surface area contributed by atoms with E-state index in [0.29, 0.717) is 0 Å². The van der Waals surface area contributed by atoms with Crippen LogP contribution < -0.4 is 3.27 Å². The minimum atomic E-state index is -2.28. The van der Waals surface area contributed by atoms with Crippen molar-refractivity contribution in [1.29, 1.82) is 0 Å². The van der Waals surface area contributed by atoms with Crippen molar-refractivity contribution in [3.63, 3.8) is 0 Å². The molecule has 0 bridgehead atoms. The van der Waals surface area contributed by atoms with Crippen LogP contribution in [-0.4, -0.2) is 3.21 Å². The van der Waals surface area contributed by atoms with Gasteiger partial charge in [-0.3, -0.25) is 0 Å². The Morgan fingerprint density at radius 1 is 0.643 bits per heavy atom. The van der Waals surface area contributed by atoms with Crippen LogP contribution in [0.3, 0.4) is 0 Å². The Morgan fingerprint density at radius 2 is 1.26 bits per heavy atom. The Labute approximate surface area is 260 Å². The van der Waals surface area contributed by atoms with Crippen molar-refractivity contribution in [1.82, 2.24) is 0 Å². The van der Waals surface area contributed by atoms with E-state index < -0.39 is 21.3 Å². The first-order chi connectivity index (χ1) is 20.1. The summed E-state index contributed by atoms with van der Waals surface area (Å²) in [6, 6.07) is 30.2. The number of fused-ring (bicyclic) bond motifs is 3. The summed E-state index contributed by atoms with van der Waals surface area (Å²) in [5.41, 5.74) is 14.9. The van der Waals surface area contributed by atoms with Gasteiger partial charge in [0.1, 0.15) is 0 Å². The average molecular weight is 626 g/mol. The van der Waals surface area contributed by atoms with Gasteiger partial charge in [0.05, 0.1) is 0 Å². The number of hydrogen-bond acceptors (Lipinski definition) is 0. The Balaban J connectivity index is 1.57. The average Bonchev–Trinajstić information content (AvgIpc) is 3.51. The first kappa shape index (κ1) is 27.9. The number of allylic oxidation sites excluding steroid dienone is 4. The van der Waals surface area contributed by atoms with Crippen molar-refractivity contribution in [2.45, 2.75) is 78.1 Å². The van der Waals surface area contributed by atoms with Gasteiger partial charge in [0.25, 0.3) is 0 Å². The van der Waals surface area contributed by atoms with Gasteiger partial charge in [0.15, 0.2) is 0 Å². The van der Waals surface area contributed by atoms with E-state index in [2.05, 4.69) is 139 Å². The maximum atomic E-state index is 2.61. The fraction of sp³-hybridized carbons (Fsp3) is 0.293. The molecule has 3 aliphatic rings. The van der Waals surface area contributed by atoms with E-state index in [9.17, 15) is 0 Å². The van der Waals surface area contributed by atoms with Crippen molar-refractivity contribution in [2.24, 2.45) is 0 Å². The van der Waals surface area contributed by atoms with E-state index in [1.54, 1.807) is 17.7 Å². The van der Waals surface area contributed by atoms with E-state index in [1.165, 1.54) is 57.3 Å². The van der Waals surface area contributed by atoms with Gasteiger partial charge < -0.3 is 0 Å². The molecule has 7 rings (SSSR count). The van der Waals surface area contributed by atoms with Gasteiger partial charge in [0, 0.05) is 0 Å². The fourth-order valence-corrected chi connectivity index (χ4v) is 15.5. The molecule has 0 aliphatic heterocycles. The van der Waals surface area contributed by atoms with Gasteiger partial charge in [-0.15, -0.1) is 0 Å². The van der Waals surface area contributed by atoms with E-state index in [-0.39, 0.29) is 10.8 Å². The molecule has 0 atom stereocenters. The van der Waals surface area contributed by atoms with Crippen molar-refractivity contribution < 1.29 is 21.3 Å². The molecule has 0 saturated heterocycles. The summed E-state index contributed by atoms with van der Waals surface area (Å²) in [6.07, 6.45) is 12.1. The van der Waals surface area contributed by atoms with Crippen LogP contribution in [0.1, 0.15) is 83.1 Å². The van der Waals surface area contributed by atoms with Crippen molar-refractivity contribution >= 4 is 6.48 Å². The monoisotopic (exact) mass is 624 g/mol. The second-order valence-corrected chi connectivity index (χ2v) is 20.9. The summed E-state index contributed by atoms with van der Waals surface area (Å²) < 4.78 is 5.46. The summed E-state index contributed by atoms with van der Waals surface area (Å²) in [6.45, 7) is 14.4. The Hall–Kier alpha value is -2.89. The summed E-state index contributed by atoms with van der Waals surface area (Å²) in [4.78, 5) is 0. The summed E-state index contributed by atoms with van der Waals surface area (Å²) >= 11 is -2.28. The predicted octanol–water partition coefficient (Wildman–Crippen LogP) is 10.2. The molecule has 1 fully saturated rings. The molecule has 0 N–H and O–H groups in total. The van der Waals surface area contributed by atoms with Crippen LogP contribution in [0.15, 0.2) is 100 Å². The molecule has 3 aliphatic carbocycles. The molecule has 1 heteroatoms. The summed E-state index contributed by atoms with van der Waals surface area (Å²) in [5.74, 6) is 0. The summed E-state index contributed by atoms with van der Waals surface area (Å²) in [5, 5.41) is 0. The van der Waals surface area contributed by atoms with Gasteiger partial charge in [-0.1, -0.05) is 0 Å². The first-order valence-electron chi connectivity index (χ1n) is 15.7. The molecule has 210 valence electrons. The third-order valence-corrected chi connectivity index (χ3v) is 17.3. The van der Waals surface area contributed by atoms with Crippen molar-refractivity contribution in [3.8, 4) is 33.4 Å². The van der Waals surface area contributed by atoms with Gasteiger partial charge in [-0.05, 0) is 0 Å². The molecule has 1 saturated carbocycles. The molecule has 4 aromatic carbocycles. The Morgan fingerprint density at radius 3 is 1.83 bits per heavy atom. The second-order valence-electron chi connectivity index (χ2n) is 14.5. The Kier molecular flexibility index (Phi) is 6.90. The maximum absolute atomic E-state index is 2.61. The number of rotatable bonds is 4. The van der Waals surface area contributed by atoms with E-state index in [1.807, 2.05) is 3.21 Å². The zero-order valence-corrected chi connectivity index (χ0v) is 28.5. The SMILES string of the molecule is CC(C)(C)c1cc2c(cc1-c1ccccc1)Cc1c-2cc(C(C)(C)C)c(-c2ccccc2)[c]1[Zr]([C]1=CC=CC1)=[C]1CC1.